The van der Waals surface area contributed by atoms with Crippen LogP contribution in [0.25, 0.3) is 11.0 Å². The van der Waals surface area contributed by atoms with E-state index in [0.29, 0.717) is 16.6 Å². The number of hydrogen-bond acceptors (Lipinski definition) is 5. The second-order valence-electron chi connectivity index (χ2n) is 7.52. The van der Waals surface area contributed by atoms with Crippen molar-refractivity contribution in [1.82, 2.24) is 24.6 Å². The van der Waals surface area contributed by atoms with Gasteiger partial charge in [0.2, 0.25) is 0 Å². The van der Waals surface area contributed by atoms with Gasteiger partial charge >= 0.3 is 0 Å². The molecule has 1 saturated heterocycles. The van der Waals surface area contributed by atoms with E-state index in [1.807, 2.05) is 18.5 Å². The summed E-state index contributed by atoms with van der Waals surface area (Å²) in [5, 5.41) is 8.26. The first-order valence-electron chi connectivity index (χ1n) is 9.59. The second-order valence-corrected chi connectivity index (χ2v) is 7.93. The van der Waals surface area contributed by atoms with Crippen LogP contribution >= 0.6 is 11.6 Å². The minimum Gasteiger partial charge on any atom is -0.383 e. The number of amides is 1. The van der Waals surface area contributed by atoms with Gasteiger partial charge in [-0.1, -0.05) is 17.5 Å². The van der Waals surface area contributed by atoms with Gasteiger partial charge in [0, 0.05) is 18.2 Å². The minimum atomic E-state index is -0.645. The Kier molecular flexibility index (Phi) is 4.23. The van der Waals surface area contributed by atoms with E-state index in [-0.39, 0.29) is 23.1 Å². The van der Waals surface area contributed by atoms with E-state index in [2.05, 4.69) is 31.8 Å². The molecule has 148 valence electrons. The zero-order valence-electron chi connectivity index (χ0n) is 15.7. The standard InChI is InChI=1S/C20H20ClN7O/c21-14-8-17-16(25-10-27(17)12-2-3-12)7-11(14)1-4-15-18(20(23)29)19(22)28(26-15)13-5-6-24-9-13/h7-8,10,12-13,24H,2-3,5-6,9,22H2,(H2,23,29)/t13-/m0/s1. The number of aromatic nitrogens is 4. The average Bonchev–Trinajstić information content (AvgIpc) is 3.10. The van der Waals surface area contributed by atoms with E-state index < -0.39 is 5.91 Å². The maximum absolute atomic E-state index is 12.0. The largest absolute Gasteiger partial charge is 0.383 e. The highest BCUT2D eigenvalue weighted by Crippen LogP contribution is 2.38. The first kappa shape index (κ1) is 18.0. The molecule has 0 spiro atoms. The molecule has 0 unspecified atom stereocenters. The monoisotopic (exact) mass is 409 g/mol. The van der Waals surface area contributed by atoms with Crippen LogP contribution in [0.4, 0.5) is 5.82 Å². The summed E-state index contributed by atoms with van der Waals surface area (Å²) in [7, 11) is 0. The minimum absolute atomic E-state index is 0.0787. The number of benzene rings is 1. The average molecular weight is 410 g/mol. The van der Waals surface area contributed by atoms with Crippen molar-refractivity contribution in [2.75, 3.05) is 18.8 Å². The molecule has 3 aromatic rings. The van der Waals surface area contributed by atoms with Crippen LogP contribution in [0.15, 0.2) is 18.5 Å². The van der Waals surface area contributed by atoms with Crippen molar-refractivity contribution in [3.8, 4) is 11.8 Å². The van der Waals surface area contributed by atoms with E-state index in [0.717, 1.165) is 30.5 Å². The molecule has 5 N–H and O–H groups in total. The third kappa shape index (κ3) is 3.12. The number of hydrogen-bond donors (Lipinski definition) is 3. The molecule has 1 aliphatic heterocycles. The van der Waals surface area contributed by atoms with Gasteiger partial charge in [-0.15, -0.1) is 0 Å². The predicted molar refractivity (Wildman–Crippen MR) is 111 cm³/mol. The van der Waals surface area contributed by atoms with Gasteiger partial charge in [-0.3, -0.25) is 4.79 Å². The Hall–Kier alpha value is -3.02. The molecule has 1 amide bonds. The van der Waals surface area contributed by atoms with Crippen LogP contribution in [0.3, 0.4) is 0 Å². The number of nitrogens with one attached hydrogen (secondary N) is 1. The van der Waals surface area contributed by atoms with Crippen molar-refractivity contribution in [2.24, 2.45) is 5.73 Å². The molecule has 3 heterocycles. The number of carbonyl (C=O) groups is 1. The highest BCUT2D eigenvalue weighted by molar-refractivity contribution is 6.32. The van der Waals surface area contributed by atoms with Crippen LogP contribution in [-0.4, -0.2) is 38.3 Å². The number of carbonyl (C=O) groups excluding carboxylic acids is 1. The van der Waals surface area contributed by atoms with Gasteiger partial charge in [0.05, 0.1) is 28.4 Å². The molecule has 8 nitrogen and oxygen atoms in total. The molecule has 2 aromatic heterocycles. The lowest BCUT2D eigenvalue weighted by molar-refractivity contribution is 0.100. The van der Waals surface area contributed by atoms with Crippen molar-refractivity contribution in [1.29, 1.82) is 0 Å². The number of primary amides is 1. The van der Waals surface area contributed by atoms with Gasteiger partial charge in [0.15, 0.2) is 5.69 Å². The quantitative estimate of drug-likeness (QED) is 0.570. The Morgan fingerprint density at radius 2 is 2.07 bits per heavy atom. The maximum atomic E-state index is 12.0. The second kappa shape index (κ2) is 6.79. The van der Waals surface area contributed by atoms with Crippen LogP contribution in [0.5, 0.6) is 0 Å². The van der Waals surface area contributed by atoms with E-state index >= 15 is 0 Å². The van der Waals surface area contributed by atoms with Gasteiger partial charge in [0.1, 0.15) is 11.4 Å². The third-order valence-electron chi connectivity index (χ3n) is 5.49. The molecule has 1 atom stereocenters. The number of nitrogen functional groups attached to an aromatic ring is 1. The van der Waals surface area contributed by atoms with Crippen molar-refractivity contribution in [3.05, 3.63) is 40.3 Å². The lowest BCUT2D eigenvalue weighted by atomic mass is 10.1. The molecule has 1 aromatic carbocycles. The van der Waals surface area contributed by atoms with Gasteiger partial charge < -0.3 is 21.4 Å². The number of halogens is 1. The molecule has 29 heavy (non-hydrogen) atoms. The summed E-state index contributed by atoms with van der Waals surface area (Å²) >= 11 is 6.47. The van der Waals surface area contributed by atoms with Gasteiger partial charge in [-0.05, 0) is 43.9 Å². The Bertz CT molecular complexity index is 1190. The normalized spacial score (nSPS) is 18.7. The summed E-state index contributed by atoms with van der Waals surface area (Å²) in [6.45, 7) is 1.61. The smallest absolute Gasteiger partial charge is 0.255 e. The number of rotatable bonds is 3. The summed E-state index contributed by atoms with van der Waals surface area (Å²) < 4.78 is 3.80. The molecule has 5 rings (SSSR count). The van der Waals surface area contributed by atoms with E-state index in [1.165, 1.54) is 12.8 Å². The molecular weight excluding hydrogens is 390 g/mol. The molecule has 1 aliphatic carbocycles. The summed E-state index contributed by atoms with van der Waals surface area (Å²) in [5.74, 6) is 5.56. The zero-order valence-corrected chi connectivity index (χ0v) is 16.4. The van der Waals surface area contributed by atoms with Crippen LogP contribution in [0, 0.1) is 11.8 Å². The first-order valence-corrected chi connectivity index (χ1v) is 9.97. The van der Waals surface area contributed by atoms with Gasteiger partial charge in [-0.25, -0.2) is 9.67 Å². The number of anilines is 1. The Labute approximate surface area is 172 Å². The molecule has 2 aliphatic rings. The molecule has 9 heteroatoms. The van der Waals surface area contributed by atoms with Crippen LogP contribution in [0.1, 0.15) is 53.0 Å². The Balaban J connectivity index is 1.55. The van der Waals surface area contributed by atoms with Gasteiger partial charge in [-0.2, -0.15) is 5.10 Å². The zero-order chi connectivity index (χ0) is 20.1. The molecule has 0 radical (unpaired) electrons. The molecular formula is C20H20ClN7O. The van der Waals surface area contributed by atoms with Gasteiger partial charge in [0.25, 0.3) is 5.91 Å². The maximum Gasteiger partial charge on any atom is 0.255 e. The number of fused-ring (bicyclic) bond motifs is 1. The fourth-order valence-electron chi connectivity index (χ4n) is 3.82. The molecule has 1 saturated carbocycles. The number of nitrogens with zero attached hydrogens (tertiary/aromatic N) is 4. The lowest BCUT2D eigenvalue weighted by Gasteiger charge is -2.10. The van der Waals surface area contributed by atoms with Crippen molar-refractivity contribution in [3.63, 3.8) is 0 Å². The summed E-state index contributed by atoms with van der Waals surface area (Å²) in [4.78, 5) is 16.4. The van der Waals surface area contributed by atoms with Crippen molar-refractivity contribution < 1.29 is 4.79 Å². The highest BCUT2D eigenvalue weighted by Gasteiger charge is 2.26. The Morgan fingerprint density at radius 3 is 2.76 bits per heavy atom. The lowest BCUT2D eigenvalue weighted by Crippen LogP contribution is -2.18. The Morgan fingerprint density at radius 1 is 1.24 bits per heavy atom. The van der Waals surface area contributed by atoms with E-state index in [9.17, 15) is 4.79 Å². The van der Waals surface area contributed by atoms with Crippen LogP contribution < -0.4 is 16.8 Å². The van der Waals surface area contributed by atoms with Crippen molar-refractivity contribution >= 4 is 34.4 Å². The predicted octanol–water partition coefficient (Wildman–Crippen LogP) is 1.84. The fraction of sp³-hybridized carbons (Fsp3) is 0.350. The van der Waals surface area contributed by atoms with Crippen molar-refractivity contribution in [2.45, 2.75) is 31.3 Å². The number of nitrogens with two attached hydrogens (primary N) is 2. The topological polar surface area (TPSA) is 117 Å². The molecule has 0 bridgehead atoms. The SMILES string of the molecule is NC(=O)c1c(C#Cc2cc3ncn(C4CC4)c3cc2Cl)nn([C@H]2CCNC2)c1N. The number of imidazole rings is 1. The summed E-state index contributed by atoms with van der Waals surface area (Å²) in [5.41, 5.74) is 14.6. The highest BCUT2D eigenvalue weighted by atomic mass is 35.5. The third-order valence-corrected chi connectivity index (χ3v) is 5.81. The first-order chi connectivity index (χ1) is 14.0. The van der Waals surface area contributed by atoms with Crippen LogP contribution in [-0.2, 0) is 0 Å². The summed E-state index contributed by atoms with van der Waals surface area (Å²) in [6.07, 6.45) is 5.06. The molecule has 2 fully saturated rings. The summed E-state index contributed by atoms with van der Waals surface area (Å²) in [6, 6.07) is 4.34. The fourth-order valence-corrected chi connectivity index (χ4v) is 4.02. The van der Waals surface area contributed by atoms with Crippen LogP contribution in [0.2, 0.25) is 5.02 Å². The van der Waals surface area contributed by atoms with E-state index in [4.69, 9.17) is 23.1 Å². The van der Waals surface area contributed by atoms with E-state index in [1.54, 1.807) is 4.68 Å².